The third-order valence-corrected chi connectivity index (χ3v) is 3.28. The second-order valence-electron chi connectivity index (χ2n) is 5.43. The van der Waals surface area contributed by atoms with E-state index in [-0.39, 0.29) is 5.91 Å². The van der Waals surface area contributed by atoms with Gasteiger partial charge in [-0.3, -0.25) is 9.69 Å². The van der Waals surface area contributed by atoms with Crippen molar-refractivity contribution in [3.63, 3.8) is 0 Å². The highest BCUT2D eigenvalue weighted by atomic mass is 16.5. The molecule has 1 aliphatic rings. The maximum Gasteiger partial charge on any atom is 0.238 e. The van der Waals surface area contributed by atoms with Crippen molar-refractivity contribution >= 4 is 17.3 Å². The molecule has 0 unspecified atom stereocenters. The Labute approximate surface area is 120 Å². The van der Waals surface area contributed by atoms with Gasteiger partial charge in [-0.1, -0.05) is 0 Å². The lowest BCUT2D eigenvalue weighted by Crippen LogP contribution is -2.32. The van der Waals surface area contributed by atoms with Crippen molar-refractivity contribution < 1.29 is 9.53 Å². The molecule has 3 N–H and O–H groups in total. The number of hydrogen-bond acceptors (Lipinski definition) is 4. The Morgan fingerprint density at radius 1 is 1.40 bits per heavy atom. The molecule has 0 aromatic heterocycles. The van der Waals surface area contributed by atoms with E-state index in [0.717, 1.165) is 24.8 Å². The molecule has 20 heavy (non-hydrogen) atoms. The van der Waals surface area contributed by atoms with Gasteiger partial charge in [-0.05, 0) is 50.1 Å². The van der Waals surface area contributed by atoms with Crippen molar-refractivity contribution in [2.24, 2.45) is 5.92 Å². The van der Waals surface area contributed by atoms with E-state index in [9.17, 15) is 4.79 Å². The molecule has 5 heteroatoms. The largest absolute Gasteiger partial charge is 0.399 e. The van der Waals surface area contributed by atoms with Crippen molar-refractivity contribution in [3.05, 3.63) is 24.3 Å². The third kappa shape index (κ3) is 5.59. The van der Waals surface area contributed by atoms with Crippen molar-refractivity contribution in [2.75, 3.05) is 44.4 Å². The van der Waals surface area contributed by atoms with Gasteiger partial charge < -0.3 is 15.8 Å². The molecule has 0 aliphatic heterocycles. The minimum atomic E-state index is -0.0283. The summed E-state index contributed by atoms with van der Waals surface area (Å²) < 4.78 is 5.55. The summed E-state index contributed by atoms with van der Waals surface area (Å²) in [6, 6.07) is 7.13. The minimum Gasteiger partial charge on any atom is -0.399 e. The van der Waals surface area contributed by atoms with Crippen LogP contribution in [-0.2, 0) is 9.53 Å². The molecule has 0 radical (unpaired) electrons. The number of carbonyl (C=O) groups is 1. The Kier molecular flexibility index (Phi) is 5.38. The number of anilines is 2. The highest BCUT2D eigenvalue weighted by Gasteiger charge is 2.21. The van der Waals surface area contributed by atoms with Crippen LogP contribution in [0.15, 0.2) is 24.3 Å². The van der Waals surface area contributed by atoms with Crippen LogP contribution in [0.25, 0.3) is 0 Å². The number of ether oxygens (including phenoxy) is 1. The average Bonchev–Trinajstić information content (AvgIpc) is 3.21. The molecule has 1 saturated carbocycles. The van der Waals surface area contributed by atoms with Gasteiger partial charge in [-0.2, -0.15) is 0 Å². The van der Waals surface area contributed by atoms with Gasteiger partial charge in [0.2, 0.25) is 5.91 Å². The van der Waals surface area contributed by atoms with E-state index in [4.69, 9.17) is 10.5 Å². The Hall–Kier alpha value is -1.59. The van der Waals surface area contributed by atoms with Crippen LogP contribution in [-0.4, -0.2) is 44.2 Å². The summed E-state index contributed by atoms with van der Waals surface area (Å²) in [5.74, 6) is 0.758. The lowest BCUT2D eigenvalue weighted by Gasteiger charge is -2.16. The molecule has 5 nitrogen and oxygen atoms in total. The minimum absolute atomic E-state index is 0.0283. The molecule has 0 spiro atoms. The van der Waals surface area contributed by atoms with Gasteiger partial charge in [0, 0.05) is 24.5 Å². The lowest BCUT2D eigenvalue weighted by molar-refractivity contribution is -0.117. The predicted molar refractivity (Wildman–Crippen MR) is 80.5 cm³/mol. The Bertz CT molecular complexity index is 429. The van der Waals surface area contributed by atoms with Gasteiger partial charge in [-0.25, -0.2) is 0 Å². The van der Waals surface area contributed by atoms with Gasteiger partial charge >= 0.3 is 0 Å². The smallest absolute Gasteiger partial charge is 0.238 e. The van der Waals surface area contributed by atoms with E-state index in [1.54, 1.807) is 24.3 Å². The third-order valence-electron chi connectivity index (χ3n) is 3.28. The standard InChI is InChI=1S/C15H23N3O2/c1-18(8-9-20-11-12-2-3-12)10-15(19)17-14-6-4-13(16)5-7-14/h4-7,12H,2-3,8-11,16H2,1H3,(H,17,19). The second kappa shape index (κ2) is 7.26. The maximum atomic E-state index is 11.8. The zero-order valence-corrected chi connectivity index (χ0v) is 12.0. The van der Waals surface area contributed by atoms with Gasteiger partial charge in [0.25, 0.3) is 0 Å². The fraction of sp³-hybridized carbons (Fsp3) is 0.533. The molecule has 0 heterocycles. The van der Waals surface area contributed by atoms with Crippen LogP contribution < -0.4 is 11.1 Å². The molecule has 1 amide bonds. The highest BCUT2D eigenvalue weighted by Crippen LogP contribution is 2.28. The SMILES string of the molecule is CN(CCOCC1CC1)CC(=O)Nc1ccc(N)cc1. The summed E-state index contributed by atoms with van der Waals surface area (Å²) in [5, 5.41) is 2.84. The van der Waals surface area contributed by atoms with Crippen LogP contribution >= 0.6 is 0 Å². The van der Waals surface area contributed by atoms with Crippen LogP contribution in [0.2, 0.25) is 0 Å². The van der Waals surface area contributed by atoms with Crippen LogP contribution in [0.5, 0.6) is 0 Å². The molecule has 0 saturated heterocycles. The predicted octanol–water partition coefficient (Wildman–Crippen LogP) is 1.57. The summed E-state index contributed by atoms with van der Waals surface area (Å²) in [7, 11) is 1.92. The summed E-state index contributed by atoms with van der Waals surface area (Å²) in [6.07, 6.45) is 2.61. The van der Waals surface area contributed by atoms with Gasteiger partial charge in [0.05, 0.1) is 13.2 Å². The number of hydrogen-bond donors (Lipinski definition) is 2. The normalized spacial score (nSPS) is 14.5. The maximum absolute atomic E-state index is 11.8. The molecule has 2 rings (SSSR count). The van der Waals surface area contributed by atoms with Crippen molar-refractivity contribution in [1.29, 1.82) is 0 Å². The zero-order chi connectivity index (χ0) is 14.4. The Morgan fingerprint density at radius 2 is 2.10 bits per heavy atom. The zero-order valence-electron chi connectivity index (χ0n) is 12.0. The summed E-state index contributed by atoms with van der Waals surface area (Å²) >= 11 is 0. The number of carbonyl (C=O) groups excluding carboxylic acids is 1. The summed E-state index contributed by atoms with van der Waals surface area (Å²) in [5.41, 5.74) is 7.05. The van der Waals surface area contributed by atoms with Crippen molar-refractivity contribution in [1.82, 2.24) is 4.90 Å². The average molecular weight is 277 g/mol. The van der Waals surface area contributed by atoms with Gasteiger partial charge in [-0.15, -0.1) is 0 Å². The Balaban J connectivity index is 1.61. The first kappa shape index (κ1) is 14.8. The van der Waals surface area contributed by atoms with E-state index in [1.165, 1.54) is 12.8 Å². The van der Waals surface area contributed by atoms with E-state index >= 15 is 0 Å². The van der Waals surface area contributed by atoms with Gasteiger partial charge in [0.15, 0.2) is 0 Å². The number of likely N-dealkylation sites (N-methyl/N-ethyl adjacent to an activating group) is 1. The number of nitrogens with one attached hydrogen (secondary N) is 1. The van der Waals surface area contributed by atoms with Crippen LogP contribution in [0.1, 0.15) is 12.8 Å². The van der Waals surface area contributed by atoms with E-state index in [2.05, 4.69) is 5.32 Å². The number of rotatable bonds is 8. The topological polar surface area (TPSA) is 67.6 Å². The molecule has 1 aromatic rings. The fourth-order valence-electron chi connectivity index (χ4n) is 1.85. The number of nitrogens with two attached hydrogens (primary N) is 1. The summed E-state index contributed by atoms with van der Waals surface area (Å²) in [6.45, 7) is 2.67. The summed E-state index contributed by atoms with van der Waals surface area (Å²) in [4.78, 5) is 13.8. The molecule has 0 atom stereocenters. The number of amides is 1. The van der Waals surface area contributed by atoms with Crippen LogP contribution in [0.4, 0.5) is 11.4 Å². The first-order valence-electron chi connectivity index (χ1n) is 7.05. The molecule has 1 aliphatic carbocycles. The molecular formula is C15H23N3O2. The van der Waals surface area contributed by atoms with Crippen LogP contribution in [0, 0.1) is 5.92 Å². The monoisotopic (exact) mass is 277 g/mol. The van der Waals surface area contributed by atoms with Crippen LogP contribution in [0.3, 0.4) is 0 Å². The first-order valence-corrected chi connectivity index (χ1v) is 7.05. The van der Waals surface area contributed by atoms with E-state index in [0.29, 0.717) is 18.8 Å². The first-order chi connectivity index (χ1) is 9.63. The van der Waals surface area contributed by atoms with Crippen molar-refractivity contribution in [2.45, 2.75) is 12.8 Å². The molecule has 1 aromatic carbocycles. The van der Waals surface area contributed by atoms with E-state index < -0.39 is 0 Å². The Morgan fingerprint density at radius 3 is 2.75 bits per heavy atom. The number of benzene rings is 1. The quantitative estimate of drug-likeness (QED) is 0.559. The molecule has 110 valence electrons. The fourth-order valence-corrected chi connectivity index (χ4v) is 1.85. The van der Waals surface area contributed by atoms with Gasteiger partial charge in [0.1, 0.15) is 0 Å². The number of nitrogen functional groups attached to an aromatic ring is 1. The molecular weight excluding hydrogens is 254 g/mol. The second-order valence-corrected chi connectivity index (χ2v) is 5.43. The van der Waals surface area contributed by atoms with E-state index in [1.807, 2.05) is 11.9 Å². The van der Waals surface area contributed by atoms with Crippen molar-refractivity contribution in [3.8, 4) is 0 Å². The highest BCUT2D eigenvalue weighted by molar-refractivity contribution is 5.92. The number of nitrogens with zero attached hydrogens (tertiary/aromatic N) is 1. The lowest BCUT2D eigenvalue weighted by atomic mass is 10.3. The molecule has 0 bridgehead atoms. The molecule has 1 fully saturated rings.